The van der Waals surface area contributed by atoms with E-state index in [1.165, 1.54) is 12.6 Å². The zero-order valence-electron chi connectivity index (χ0n) is 14.1. The van der Waals surface area contributed by atoms with E-state index in [0.717, 1.165) is 10.0 Å². The number of halogens is 1. The molecule has 0 amide bonds. The third kappa shape index (κ3) is 3.52. The Kier molecular flexibility index (Phi) is 4.79. The van der Waals surface area contributed by atoms with Gasteiger partial charge in [-0.3, -0.25) is 0 Å². The number of hydrogen-bond donors (Lipinski definition) is 0. The molecule has 3 rings (SSSR count). The van der Waals surface area contributed by atoms with Crippen molar-refractivity contribution in [2.45, 2.75) is 17.9 Å². The Balaban J connectivity index is 2.13. The molecule has 3 aromatic rings. The molecule has 0 bridgehead atoms. The van der Waals surface area contributed by atoms with E-state index in [4.69, 9.17) is 0 Å². The summed E-state index contributed by atoms with van der Waals surface area (Å²) in [6.07, 6.45) is 2.70. The summed E-state index contributed by atoms with van der Waals surface area (Å²) in [5.41, 5.74) is 1.83. The van der Waals surface area contributed by atoms with Crippen LogP contribution in [0.25, 0.3) is 10.9 Å². The van der Waals surface area contributed by atoms with Crippen molar-refractivity contribution in [2.24, 2.45) is 0 Å². The molecule has 0 saturated heterocycles. The van der Waals surface area contributed by atoms with Gasteiger partial charge in [0.15, 0.2) is 9.84 Å². The highest BCUT2D eigenvalue weighted by Crippen LogP contribution is 2.33. The monoisotopic (exact) mass is 419 g/mol. The molecule has 0 aliphatic carbocycles. The quantitative estimate of drug-likeness (QED) is 0.639. The molecular formula is C18H18BrN3O2S. The molecule has 0 saturated carbocycles. The van der Waals surface area contributed by atoms with Crippen LogP contribution in [0.15, 0.2) is 58.2 Å². The predicted octanol–water partition coefficient (Wildman–Crippen LogP) is 3.99. The van der Waals surface area contributed by atoms with Gasteiger partial charge >= 0.3 is 0 Å². The van der Waals surface area contributed by atoms with Crippen molar-refractivity contribution in [1.82, 2.24) is 9.97 Å². The first-order valence-corrected chi connectivity index (χ1v) is 10.4. The topological polar surface area (TPSA) is 63.2 Å². The number of anilines is 1. The van der Waals surface area contributed by atoms with Gasteiger partial charge in [0.05, 0.1) is 16.5 Å². The highest BCUT2D eigenvalue weighted by Gasteiger charge is 2.19. The lowest BCUT2D eigenvalue weighted by Crippen LogP contribution is -2.23. The lowest BCUT2D eigenvalue weighted by atomic mass is 10.1. The summed E-state index contributed by atoms with van der Waals surface area (Å²) in [5, 5.41) is 0.715. The lowest BCUT2D eigenvalue weighted by molar-refractivity contribution is 0.602. The molecular weight excluding hydrogens is 402 g/mol. The predicted molar refractivity (Wildman–Crippen MR) is 104 cm³/mol. The summed E-state index contributed by atoms with van der Waals surface area (Å²) in [4.78, 5) is 11.0. The number of aromatic nitrogens is 2. The molecule has 2 aromatic carbocycles. The molecule has 0 spiro atoms. The molecule has 1 heterocycles. The van der Waals surface area contributed by atoms with Crippen LogP contribution in [-0.2, 0) is 9.84 Å². The van der Waals surface area contributed by atoms with Crippen LogP contribution in [0.5, 0.6) is 0 Å². The molecule has 0 aliphatic rings. The zero-order valence-corrected chi connectivity index (χ0v) is 16.5. The Bertz CT molecular complexity index is 1040. The van der Waals surface area contributed by atoms with E-state index in [0.29, 0.717) is 16.7 Å². The number of fused-ring (bicyclic) bond motifs is 1. The van der Waals surface area contributed by atoms with Crippen molar-refractivity contribution in [3.63, 3.8) is 0 Å². The van der Waals surface area contributed by atoms with Gasteiger partial charge in [0.2, 0.25) is 0 Å². The maximum absolute atomic E-state index is 11.9. The maximum atomic E-state index is 11.9. The Hall–Kier alpha value is -1.99. The van der Waals surface area contributed by atoms with Crippen LogP contribution >= 0.6 is 15.9 Å². The molecule has 5 nitrogen and oxygen atoms in total. The van der Waals surface area contributed by atoms with Crippen molar-refractivity contribution < 1.29 is 8.42 Å². The van der Waals surface area contributed by atoms with Gasteiger partial charge in [0, 0.05) is 23.2 Å². The Labute approximate surface area is 155 Å². The van der Waals surface area contributed by atoms with E-state index < -0.39 is 9.84 Å². The van der Waals surface area contributed by atoms with Gasteiger partial charge in [-0.1, -0.05) is 34.1 Å². The van der Waals surface area contributed by atoms with Crippen molar-refractivity contribution in [3.8, 4) is 0 Å². The third-order valence-electron chi connectivity index (χ3n) is 4.28. The zero-order chi connectivity index (χ0) is 18.2. The largest absolute Gasteiger partial charge is 0.352 e. The van der Waals surface area contributed by atoms with Crippen LogP contribution in [0.3, 0.4) is 0 Å². The highest BCUT2D eigenvalue weighted by atomic mass is 79.9. The van der Waals surface area contributed by atoms with E-state index in [1.54, 1.807) is 18.2 Å². The molecule has 0 radical (unpaired) electrons. The summed E-state index contributed by atoms with van der Waals surface area (Å²) in [6, 6.07) is 13.0. The van der Waals surface area contributed by atoms with Gasteiger partial charge in [-0.05, 0) is 36.8 Å². The van der Waals surface area contributed by atoms with Gasteiger partial charge in [0.1, 0.15) is 12.1 Å². The van der Waals surface area contributed by atoms with Crippen molar-refractivity contribution in [3.05, 3.63) is 58.8 Å². The smallest absolute Gasteiger partial charge is 0.175 e. The fraction of sp³-hybridized carbons (Fsp3) is 0.222. The van der Waals surface area contributed by atoms with Gasteiger partial charge in [-0.15, -0.1) is 0 Å². The van der Waals surface area contributed by atoms with E-state index in [1.807, 2.05) is 30.1 Å². The van der Waals surface area contributed by atoms with Crippen LogP contribution < -0.4 is 4.90 Å². The summed E-state index contributed by atoms with van der Waals surface area (Å²) in [5.74, 6) is 0.693. The Morgan fingerprint density at radius 2 is 1.84 bits per heavy atom. The normalized spacial score (nSPS) is 13.0. The van der Waals surface area contributed by atoms with E-state index in [2.05, 4.69) is 38.9 Å². The average Bonchev–Trinajstić information content (AvgIpc) is 2.59. The highest BCUT2D eigenvalue weighted by molar-refractivity contribution is 9.10. The number of sulfone groups is 1. The number of nitrogens with zero attached hydrogens (tertiary/aromatic N) is 3. The second kappa shape index (κ2) is 6.72. The Morgan fingerprint density at radius 1 is 1.12 bits per heavy atom. The van der Waals surface area contributed by atoms with Crippen molar-refractivity contribution in [1.29, 1.82) is 0 Å². The number of rotatable bonds is 4. The minimum Gasteiger partial charge on any atom is -0.352 e. The van der Waals surface area contributed by atoms with Gasteiger partial charge in [-0.2, -0.15) is 0 Å². The van der Waals surface area contributed by atoms with E-state index in [9.17, 15) is 8.42 Å². The molecule has 1 aromatic heterocycles. The third-order valence-corrected chi connectivity index (χ3v) is 6.12. The first-order chi connectivity index (χ1) is 11.8. The second-order valence-corrected chi connectivity index (χ2v) is 8.83. The van der Waals surface area contributed by atoms with E-state index in [-0.39, 0.29) is 10.9 Å². The fourth-order valence-electron chi connectivity index (χ4n) is 2.74. The average molecular weight is 420 g/mol. The summed E-state index contributed by atoms with van der Waals surface area (Å²) in [6.45, 7) is 2.08. The second-order valence-electron chi connectivity index (χ2n) is 5.96. The summed E-state index contributed by atoms with van der Waals surface area (Å²) in [7, 11) is -1.35. The van der Waals surface area contributed by atoms with Gasteiger partial charge in [-0.25, -0.2) is 18.4 Å². The molecule has 1 atom stereocenters. The van der Waals surface area contributed by atoms with Crippen molar-refractivity contribution >= 4 is 42.5 Å². The van der Waals surface area contributed by atoms with Crippen LogP contribution in [0.4, 0.5) is 5.82 Å². The molecule has 25 heavy (non-hydrogen) atoms. The summed E-state index contributed by atoms with van der Waals surface area (Å²) >= 11 is 3.59. The summed E-state index contributed by atoms with van der Waals surface area (Å²) < 4.78 is 24.8. The van der Waals surface area contributed by atoms with Crippen LogP contribution in [0, 0.1) is 0 Å². The Morgan fingerprint density at radius 3 is 2.52 bits per heavy atom. The minimum absolute atomic E-state index is 0.0376. The molecule has 1 unspecified atom stereocenters. The van der Waals surface area contributed by atoms with Gasteiger partial charge in [0.25, 0.3) is 0 Å². The van der Waals surface area contributed by atoms with Crippen LogP contribution in [-0.4, -0.2) is 31.7 Å². The lowest BCUT2D eigenvalue weighted by Gasteiger charge is -2.28. The van der Waals surface area contributed by atoms with Crippen molar-refractivity contribution in [2.75, 3.05) is 18.2 Å². The van der Waals surface area contributed by atoms with Crippen LogP contribution in [0.2, 0.25) is 0 Å². The minimum atomic E-state index is -3.30. The fourth-order valence-corrected chi connectivity index (χ4v) is 4.00. The first kappa shape index (κ1) is 17.8. The first-order valence-electron chi connectivity index (χ1n) is 7.71. The molecule has 0 N–H and O–H groups in total. The standard InChI is InChI=1S/C18H18BrN3O2S/c1-12(14-6-4-5-7-16(14)19)22(2)18-15-10-13(25(3,23)24)8-9-17(15)20-11-21-18/h4-12H,1-3H3. The van der Waals surface area contributed by atoms with Crippen LogP contribution in [0.1, 0.15) is 18.5 Å². The molecule has 0 fully saturated rings. The SMILES string of the molecule is CC(c1ccccc1Br)N(C)c1ncnc2ccc(S(C)(=O)=O)cc12. The number of benzene rings is 2. The van der Waals surface area contributed by atoms with E-state index >= 15 is 0 Å². The molecule has 7 heteroatoms. The molecule has 130 valence electrons. The molecule has 0 aliphatic heterocycles. The van der Waals surface area contributed by atoms with Gasteiger partial charge < -0.3 is 4.90 Å². The maximum Gasteiger partial charge on any atom is 0.175 e. The number of hydrogen-bond acceptors (Lipinski definition) is 5.